The minimum Gasteiger partial charge on any atom is -0.495 e. The number of methoxy groups -OCH3 is 2. The fourth-order valence-corrected chi connectivity index (χ4v) is 3.27. The van der Waals surface area contributed by atoms with E-state index in [-0.39, 0.29) is 17.2 Å². The molecule has 0 bridgehead atoms. The highest BCUT2D eigenvalue weighted by Gasteiger charge is 2.24. The molecule has 4 rings (SSSR count). The van der Waals surface area contributed by atoms with Crippen LogP contribution in [0.3, 0.4) is 0 Å². The summed E-state index contributed by atoms with van der Waals surface area (Å²) in [6, 6.07) is 14.8. The number of nitrogens with two attached hydrogens (primary N) is 1. The number of carbonyl (C=O) groups excluding carboxylic acids is 1. The highest BCUT2D eigenvalue weighted by atomic mass is 16.5. The summed E-state index contributed by atoms with van der Waals surface area (Å²) < 4.78 is 18.1. The third-order valence-electron chi connectivity index (χ3n) is 4.64. The molecule has 0 atom stereocenters. The lowest BCUT2D eigenvalue weighted by Crippen LogP contribution is -2.15. The zero-order valence-electron chi connectivity index (χ0n) is 17.3. The van der Waals surface area contributed by atoms with Crippen LogP contribution in [-0.4, -0.2) is 46.3 Å². The molecule has 0 saturated heterocycles. The highest BCUT2D eigenvalue weighted by molar-refractivity contribution is 6.02. The Morgan fingerprint density at radius 1 is 1.00 bits per heavy atom. The van der Waals surface area contributed by atoms with Gasteiger partial charge in [-0.25, -0.2) is 14.5 Å². The summed E-state index contributed by atoms with van der Waals surface area (Å²) >= 11 is 0. The molecule has 2 aromatic heterocycles. The van der Waals surface area contributed by atoms with Crippen molar-refractivity contribution >= 4 is 17.1 Å². The van der Waals surface area contributed by atoms with E-state index in [1.54, 1.807) is 11.7 Å². The average Bonchev–Trinajstić information content (AvgIpc) is 3.17. The van der Waals surface area contributed by atoms with Crippen molar-refractivity contribution in [3.63, 3.8) is 0 Å². The molecular formula is C22H21N5O4. The van der Waals surface area contributed by atoms with Crippen LogP contribution in [0.25, 0.3) is 28.2 Å². The number of amides is 1. The van der Waals surface area contributed by atoms with Gasteiger partial charge in [0, 0.05) is 5.56 Å². The smallest absolute Gasteiger partial charge is 0.303 e. The molecule has 0 unspecified atom stereocenters. The minimum absolute atomic E-state index is 0.000771. The van der Waals surface area contributed by atoms with Gasteiger partial charge in [0.15, 0.2) is 17.2 Å². The molecule has 0 radical (unpaired) electrons. The van der Waals surface area contributed by atoms with E-state index in [0.29, 0.717) is 35.1 Å². The maximum Gasteiger partial charge on any atom is 0.303 e. The number of primary amides is 1. The van der Waals surface area contributed by atoms with Crippen LogP contribution in [0.15, 0.2) is 48.5 Å². The molecule has 2 heterocycles. The second kappa shape index (κ2) is 8.31. The van der Waals surface area contributed by atoms with Crippen LogP contribution in [0, 0.1) is 0 Å². The molecule has 9 heteroatoms. The first-order chi connectivity index (χ1) is 15.1. The molecule has 4 aromatic rings. The Morgan fingerprint density at radius 3 is 2.39 bits per heavy atom. The molecule has 2 aromatic carbocycles. The monoisotopic (exact) mass is 419 g/mol. The first kappa shape index (κ1) is 20.1. The van der Waals surface area contributed by atoms with Crippen LogP contribution in [0.1, 0.15) is 17.4 Å². The van der Waals surface area contributed by atoms with Gasteiger partial charge in [0.2, 0.25) is 0 Å². The number of benzene rings is 2. The molecule has 0 spiro atoms. The van der Waals surface area contributed by atoms with Gasteiger partial charge in [0.25, 0.3) is 5.91 Å². The molecule has 0 aliphatic heterocycles. The normalized spacial score (nSPS) is 10.8. The van der Waals surface area contributed by atoms with Gasteiger partial charge in [-0.05, 0) is 43.3 Å². The predicted molar refractivity (Wildman–Crippen MR) is 115 cm³/mol. The quantitative estimate of drug-likeness (QED) is 0.490. The summed E-state index contributed by atoms with van der Waals surface area (Å²) in [6.07, 6.45) is 0. The first-order valence-electron chi connectivity index (χ1n) is 9.58. The van der Waals surface area contributed by atoms with E-state index in [2.05, 4.69) is 15.0 Å². The lowest BCUT2D eigenvalue weighted by molar-refractivity contribution is 0.0997. The lowest BCUT2D eigenvalue weighted by atomic mass is 10.2. The average molecular weight is 419 g/mol. The van der Waals surface area contributed by atoms with Crippen LogP contribution >= 0.6 is 0 Å². The predicted octanol–water partition coefficient (Wildman–Crippen LogP) is 3.00. The SMILES string of the molecule is CCOc1ccc(-c2nc(C(N)=O)c3nc(OC)n(-c4ccccc4OC)c3n2)cc1. The zero-order chi connectivity index (χ0) is 22.0. The molecule has 1 amide bonds. The lowest BCUT2D eigenvalue weighted by Gasteiger charge is -2.12. The molecule has 0 fully saturated rings. The number of rotatable bonds is 7. The Morgan fingerprint density at radius 2 is 1.74 bits per heavy atom. The fraction of sp³-hybridized carbons (Fsp3) is 0.182. The van der Waals surface area contributed by atoms with E-state index in [0.717, 1.165) is 5.75 Å². The standard InChI is InChI=1S/C22H21N5O4/c1-4-31-14-11-9-13(10-12-14)20-24-17(19(23)28)18-21(26-20)27(22(25-18)30-3)15-7-5-6-8-16(15)29-2/h5-12H,4H2,1-3H3,(H2,23,28). The van der Waals surface area contributed by atoms with Gasteiger partial charge in [-0.1, -0.05) is 12.1 Å². The van der Waals surface area contributed by atoms with Crippen molar-refractivity contribution in [2.24, 2.45) is 5.73 Å². The van der Waals surface area contributed by atoms with Crippen molar-refractivity contribution in [2.75, 3.05) is 20.8 Å². The minimum atomic E-state index is -0.716. The Kier molecular flexibility index (Phi) is 5.40. The maximum atomic E-state index is 12.2. The number of para-hydroxylation sites is 2. The maximum absolute atomic E-state index is 12.2. The number of hydrogen-bond acceptors (Lipinski definition) is 7. The van der Waals surface area contributed by atoms with E-state index in [1.165, 1.54) is 7.11 Å². The van der Waals surface area contributed by atoms with Crippen LogP contribution < -0.4 is 19.9 Å². The van der Waals surface area contributed by atoms with Gasteiger partial charge in [-0.2, -0.15) is 4.98 Å². The number of ether oxygens (including phenoxy) is 3. The molecule has 2 N–H and O–H groups in total. The Balaban J connectivity index is 1.99. The summed E-state index contributed by atoms with van der Waals surface area (Å²) in [4.78, 5) is 25.7. The van der Waals surface area contributed by atoms with Crippen LogP contribution in [0.4, 0.5) is 0 Å². The number of nitrogens with zero attached hydrogens (tertiary/aromatic N) is 4. The third-order valence-corrected chi connectivity index (χ3v) is 4.64. The number of aromatic nitrogens is 4. The van der Waals surface area contributed by atoms with Crippen molar-refractivity contribution in [1.82, 2.24) is 19.5 Å². The van der Waals surface area contributed by atoms with Gasteiger partial charge >= 0.3 is 6.01 Å². The van der Waals surface area contributed by atoms with E-state index < -0.39 is 5.91 Å². The van der Waals surface area contributed by atoms with Crippen LogP contribution in [0.5, 0.6) is 17.5 Å². The molecule has 31 heavy (non-hydrogen) atoms. The summed E-state index contributed by atoms with van der Waals surface area (Å²) in [5.41, 5.74) is 7.58. The second-order valence-corrected chi connectivity index (χ2v) is 6.50. The molecular weight excluding hydrogens is 398 g/mol. The van der Waals surface area contributed by atoms with Gasteiger partial charge in [-0.15, -0.1) is 0 Å². The van der Waals surface area contributed by atoms with Crippen molar-refractivity contribution in [3.05, 3.63) is 54.2 Å². The number of hydrogen-bond donors (Lipinski definition) is 1. The van der Waals surface area contributed by atoms with Gasteiger partial charge in [-0.3, -0.25) is 4.79 Å². The molecule has 158 valence electrons. The van der Waals surface area contributed by atoms with Gasteiger partial charge < -0.3 is 19.9 Å². The van der Waals surface area contributed by atoms with Crippen molar-refractivity contribution < 1.29 is 19.0 Å². The van der Waals surface area contributed by atoms with E-state index in [9.17, 15) is 4.79 Å². The molecule has 9 nitrogen and oxygen atoms in total. The van der Waals surface area contributed by atoms with E-state index >= 15 is 0 Å². The largest absolute Gasteiger partial charge is 0.495 e. The van der Waals surface area contributed by atoms with Crippen molar-refractivity contribution in [3.8, 4) is 34.6 Å². The number of fused-ring (bicyclic) bond motifs is 1. The number of imidazole rings is 1. The Labute approximate surface area is 178 Å². The summed E-state index contributed by atoms with van der Waals surface area (Å²) in [6.45, 7) is 2.47. The fourth-order valence-electron chi connectivity index (χ4n) is 3.27. The number of carbonyl (C=O) groups is 1. The topological polar surface area (TPSA) is 114 Å². The summed E-state index contributed by atoms with van der Waals surface area (Å²) in [5, 5.41) is 0. The zero-order valence-corrected chi connectivity index (χ0v) is 17.3. The second-order valence-electron chi connectivity index (χ2n) is 6.50. The third kappa shape index (κ3) is 3.61. The molecule has 0 aliphatic carbocycles. The highest BCUT2D eigenvalue weighted by Crippen LogP contribution is 2.33. The summed E-state index contributed by atoms with van der Waals surface area (Å²) in [5.74, 6) is 0.917. The molecule has 0 saturated carbocycles. The summed E-state index contributed by atoms with van der Waals surface area (Å²) in [7, 11) is 3.05. The van der Waals surface area contributed by atoms with Gasteiger partial charge in [0.05, 0.1) is 26.5 Å². The van der Waals surface area contributed by atoms with E-state index in [1.807, 2.05) is 55.5 Å². The Hall–Kier alpha value is -4.14. The van der Waals surface area contributed by atoms with Crippen LogP contribution in [0.2, 0.25) is 0 Å². The van der Waals surface area contributed by atoms with Gasteiger partial charge in [0.1, 0.15) is 17.0 Å². The van der Waals surface area contributed by atoms with Crippen molar-refractivity contribution in [2.45, 2.75) is 6.92 Å². The first-order valence-corrected chi connectivity index (χ1v) is 9.58. The van der Waals surface area contributed by atoms with Crippen LogP contribution in [-0.2, 0) is 0 Å². The van der Waals surface area contributed by atoms with Crippen molar-refractivity contribution in [1.29, 1.82) is 0 Å². The Bertz CT molecular complexity index is 1250. The molecule has 0 aliphatic rings. The van der Waals surface area contributed by atoms with E-state index in [4.69, 9.17) is 19.9 Å².